The fraction of sp³-hybridized carbons (Fsp3) is 0.158. The number of hydrogen-bond acceptors (Lipinski definition) is 7. The molecule has 2 rings (SSSR count). The van der Waals surface area contributed by atoms with E-state index >= 15 is 0 Å². The van der Waals surface area contributed by atoms with E-state index in [1.165, 1.54) is 25.3 Å². The first kappa shape index (κ1) is 18.9. The first-order valence-electron chi connectivity index (χ1n) is 7.65. The van der Waals surface area contributed by atoms with Gasteiger partial charge in [-0.3, -0.25) is 0 Å². The molecule has 7 nitrogen and oxygen atoms in total. The van der Waals surface area contributed by atoms with Gasteiger partial charge in [-0.05, 0) is 36.2 Å². The lowest BCUT2D eigenvalue weighted by Crippen LogP contribution is -2.18. The van der Waals surface area contributed by atoms with Crippen LogP contribution in [-0.2, 0) is 21.0 Å². The maximum atomic E-state index is 11.7. The molecular weight excluding hydrogens is 340 g/mol. The normalized spacial score (nSPS) is 9.88. The number of rotatable bonds is 7. The van der Waals surface area contributed by atoms with Crippen LogP contribution in [0.2, 0.25) is 0 Å². The van der Waals surface area contributed by atoms with Gasteiger partial charge in [-0.2, -0.15) is 0 Å². The number of allylic oxidation sites excluding steroid dienone is 1. The summed E-state index contributed by atoms with van der Waals surface area (Å²) in [6.45, 7) is 3.17. The number of methoxy groups -OCH3 is 1. The molecule has 0 aliphatic carbocycles. The molecule has 0 aliphatic rings. The Kier molecular flexibility index (Phi) is 6.61. The van der Waals surface area contributed by atoms with E-state index < -0.39 is 18.5 Å². The number of benzene rings is 2. The van der Waals surface area contributed by atoms with Crippen molar-refractivity contribution < 1.29 is 33.9 Å². The highest BCUT2D eigenvalue weighted by molar-refractivity contribution is 5.92. The third-order valence-corrected chi connectivity index (χ3v) is 3.29. The Morgan fingerprint density at radius 1 is 1.12 bits per heavy atom. The smallest absolute Gasteiger partial charge is 0.392 e. The standard InChI is InChI=1S/C19H18O7/c1-3-6-13-9-10-16(17(11-13)23-2)24-12-18(21)25-26-19(22)14-7-4-5-8-15(14)20/h3-5,7-11,20H,1,6,12H2,2H3. The largest absolute Gasteiger partial charge is 0.507 e. The Balaban J connectivity index is 1.88. The van der Waals surface area contributed by atoms with Crippen LogP contribution in [0.1, 0.15) is 15.9 Å². The van der Waals surface area contributed by atoms with Gasteiger partial charge in [-0.15, -0.1) is 6.58 Å². The topological polar surface area (TPSA) is 91.3 Å². The van der Waals surface area contributed by atoms with Crippen molar-refractivity contribution in [3.8, 4) is 17.2 Å². The molecular formula is C19H18O7. The minimum absolute atomic E-state index is 0.124. The number of carbonyl (C=O) groups is 2. The summed E-state index contributed by atoms with van der Waals surface area (Å²) in [7, 11) is 1.48. The average Bonchev–Trinajstić information content (AvgIpc) is 2.65. The summed E-state index contributed by atoms with van der Waals surface area (Å²) in [6.07, 6.45) is 2.42. The molecule has 0 saturated heterocycles. The van der Waals surface area contributed by atoms with Gasteiger partial charge in [0.05, 0.1) is 7.11 Å². The highest BCUT2D eigenvalue weighted by Crippen LogP contribution is 2.28. The van der Waals surface area contributed by atoms with Crippen LogP contribution in [-0.4, -0.2) is 30.8 Å². The van der Waals surface area contributed by atoms with Gasteiger partial charge in [0.15, 0.2) is 18.1 Å². The number of aromatic hydroxyl groups is 1. The molecule has 2 aromatic rings. The van der Waals surface area contributed by atoms with Gasteiger partial charge in [0.25, 0.3) is 0 Å². The second kappa shape index (κ2) is 9.12. The molecule has 0 fully saturated rings. The van der Waals surface area contributed by atoms with Crippen molar-refractivity contribution in [1.82, 2.24) is 0 Å². The molecule has 0 heterocycles. The molecule has 0 aromatic heterocycles. The molecule has 0 saturated carbocycles. The lowest BCUT2D eigenvalue weighted by molar-refractivity contribution is -0.235. The summed E-state index contributed by atoms with van der Waals surface area (Å²) in [6, 6.07) is 10.9. The highest BCUT2D eigenvalue weighted by atomic mass is 17.2. The predicted octanol–water partition coefficient (Wildman–Crippen LogP) is 2.82. The van der Waals surface area contributed by atoms with Crippen molar-refractivity contribution in [3.05, 3.63) is 66.2 Å². The summed E-state index contributed by atoms with van der Waals surface area (Å²) < 4.78 is 10.5. The van der Waals surface area contributed by atoms with Crippen LogP contribution in [0.4, 0.5) is 0 Å². The van der Waals surface area contributed by atoms with Crippen molar-refractivity contribution in [1.29, 1.82) is 0 Å². The molecule has 1 N–H and O–H groups in total. The Labute approximate surface area is 150 Å². The third-order valence-electron chi connectivity index (χ3n) is 3.29. The van der Waals surface area contributed by atoms with Crippen LogP contribution in [0.15, 0.2) is 55.1 Å². The van der Waals surface area contributed by atoms with Crippen molar-refractivity contribution in [2.45, 2.75) is 6.42 Å². The molecule has 0 bridgehead atoms. The molecule has 0 amide bonds. The van der Waals surface area contributed by atoms with Crippen LogP contribution in [0.3, 0.4) is 0 Å². The number of hydrogen-bond donors (Lipinski definition) is 1. The van der Waals surface area contributed by atoms with Crippen molar-refractivity contribution >= 4 is 11.9 Å². The average molecular weight is 358 g/mol. The Morgan fingerprint density at radius 2 is 1.88 bits per heavy atom. The lowest BCUT2D eigenvalue weighted by Gasteiger charge is -2.11. The van der Waals surface area contributed by atoms with E-state index in [0.29, 0.717) is 17.9 Å². The minimum atomic E-state index is -0.997. The first-order valence-corrected chi connectivity index (χ1v) is 7.65. The predicted molar refractivity (Wildman–Crippen MR) is 92.0 cm³/mol. The number of phenols is 1. The fourth-order valence-corrected chi connectivity index (χ4v) is 2.06. The first-order chi connectivity index (χ1) is 12.5. The molecule has 7 heteroatoms. The van der Waals surface area contributed by atoms with Gasteiger partial charge in [-0.25, -0.2) is 19.4 Å². The van der Waals surface area contributed by atoms with Gasteiger partial charge in [0.2, 0.25) is 0 Å². The van der Waals surface area contributed by atoms with E-state index in [-0.39, 0.29) is 11.3 Å². The van der Waals surface area contributed by atoms with E-state index in [9.17, 15) is 14.7 Å². The zero-order chi connectivity index (χ0) is 18.9. The number of phenolic OH excluding ortho intramolecular Hbond substituents is 1. The summed E-state index contributed by atoms with van der Waals surface area (Å²) in [4.78, 5) is 32.2. The summed E-state index contributed by atoms with van der Waals surface area (Å²) in [5.41, 5.74) is 0.851. The zero-order valence-corrected chi connectivity index (χ0v) is 14.1. The lowest BCUT2D eigenvalue weighted by atomic mass is 10.1. The number of ether oxygens (including phenoxy) is 2. The van der Waals surface area contributed by atoms with Crippen LogP contribution in [0, 0.1) is 0 Å². The van der Waals surface area contributed by atoms with Gasteiger partial charge in [0, 0.05) is 0 Å². The van der Waals surface area contributed by atoms with Crippen LogP contribution < -0.4 is 9.47 Å². The summed E-state index contributed by atoms with van der Waals surface area (Å²) in [5.74, 6) is -1.42. The van der Waals surface area contributed by atoms with E-state index in [1.54, 1.807) is 24.3 Å². The molecule has 0 aliphatic heterocycles. The van der Waals surface area contributed by atoms with Crippen LogP contribution in [0.5, 0.6) is 17.2 Å². The Bertz CT molecular complexity index is 798. The van der Waals surface area contributed by atoms with Crippen molar-refractivity contribution in [3.63, 3.8) is 0 Å². The van der Waals surface area contributed by atoms with Gasteiger partial charge >= 0.3 is 11.9 Å². The van der Waals surface area contributed by atoms with Gasteiger partial charge in [0.1, 0.15) is 11.3 Å². The molecule has 0 unspecified atom stereocenters. The summed E-state index contributed by atoms with van der Waals surface area (Å²) in [5, 5.41) is 9.53. The second-order valence-corrected chi connectivity index (χ2v) is 5.11. The molecule has 0 spiro atoms. The Hall–Kier alpha value is -3.48. The maximum Gasteiger partial charge on any atom is 0.392 e. The van der Waals surface area contributed by atoms with E-state index in [4.69, 9.17) is 9.47 Å². The fourth-order valence-electron chi connectivity index (χ4n) is 2.06. The molecule has 26 heavy (non-hydrogen) atoms. The Morgan fingerprint density at radius 3 is 2.58 bits per heavy atom. The summed E-state index contributed by atoms with van der Waals surface area (Å²) >= 11 is 0. The zero-order valence-electron chi connectivity index (χ0n) is 14.1. The number of carbonyl (C=O) groups excluding carboxylic acids is 2. The van der Waals surface area contributed by atoms with E-state index in [1.807, 2.05) is 6.07 Å². The second-order valence-electron chi connectivity index (χ2n) is 5.11. The van der Waals surface area contributed by atoms with Gasteiger partial charge < -0.3 is 14.6 Å². The maximum absolute atomic E-state index is 11.7. The van der Waals surface area contributed by atoms with Crippen molar-refractivity contribution in [2.24, 2.45) is 0 Å². The van der Waals surface area contributed by atoms with Gasteiger partial charge in [-0.1, -0.05) is 24.3 Å². The van der Waals surface area contributed by atoms with Crippen LogP contribution >= 0.6 is 0 Å². The number of para-hydroxylation sites is 1. The monoisotopic (exact) mass is 358 g/mol. The molecule has 2 aromatic carbocycles. The third kappa shape index (κ3) is 5.01. The van der Waals surface area contributed by atoms with E-state index in [0.717, 1.165) is 5.56 Å². The molecule has 0 atom stereocenters. The van der Waals surface area contributed by atoms with E-state index in [2.05, 4.69) is 16.4 Å². The van der Waals surface area contributed by atoms with Crippen molar-refractivity contribution in [2.75, 3.05) is 13.7 Å². The molecule has 136 valence electrons. The highest BCUT2D eigenvalue weighted by Gasteiger charge is 2.16. The minimum Gasteiger partial charge on any atom is -0.507 e. The van der Waals surface area contributed by atoms with Crippen LogP contribution in [0.25, 0.3) is 0 Å². The molecule has 0 radical (unpaired) electrons. The quantitative estimate of drug-likeness (QED) is 0.462. The SMILES string of the molecule is C=CCc1ccc(OCC(=O)OOC(=O)c2ccccc2O)c(OC)c1.